The highest BCUT2D eigenvalue weighted by molar-refractivity contribution is 5.87. The number of anilines is 5. The molecule has 0 spiro atoms. The highest BCUT2D eigenvalue weighted by atomic mass is 16.5. The molecule has 0 aliphatic heterocycles. The summed E-state index contributed by atoms with van der Waals surface area (Å²) in [5.41, 5.74) is 34.1. The quantitative estimate of drug-likeness (QED) is 0.0566. The first kappa shape index (κ1) is 96.4. The molecule has 0 unspecified atom stereocenters. The molecule has 15 aromatic heterocycles. The maximum Gasteiger partial charge on any atom is 0.148 e. The Hall–Kier alpha value is -15.7. The number of rotatable bonds is 17. The monoisotopic (exact) mass is 1860 g/mol. The van der Waals surface area contributed by atoms with Crippen molar-refractivity contribution in [3.63, 3.8) is 0 Å². The predicted octanol–water partition coefficient (Wildman–Crippen LogP) is 27.4. The maximum absolute atomic E-state index is 11.5. The predicted molar refractivity (Wildman–Crippen MR) is 560 cm³/mol. The lowest BCUT2D eigenvalue weighted by Gasteiger charge is -2.22. The number of ketones is 1. The van der Waals surface area contributed by atoms with Crippen LogP contribution in [0.5, 0.6) is 0 Å². The second-order valence-corrected chi connectivity index (χ2v) is 40.1. The highest BCUT2D eigenvalue weighted by Crippen LogP contribution is 2.42. The molecule has 0 atom stereocenters. The number of carbonyl (C=O) groups is 1. The summed E-state index contributed by atoms with van der Waals surface area (Å²) in [6.45, 7) is 55.6. The van der Waals surface area contributed by atoms with Crippen LogP contribution in [0.1, 0.15) is 170 Å². The van der Waals surface area contributed by atoms with Crippen molar-refractivity contribution in [1.29, 1.82) is 0 Å². The van der Waals surface area contributed by atoms with E-state index in [1.165, 1.54) is 16.7 Å². The van der Waals surface area contributed by atoms with Crippen LogP contribution in [0, 0.1) is 96.9 Å². The second-order valence-electron chi connectivity index (χ2n) is 40.1. The van der Waals surface area contributed by atoms with Gasteiger partial charge in [-0.1, -0.05) is 177 Å². The van der Waals surface area contributed by atoms with Crippen LogP contribution >= 0.6 is 0 Å². The summed E-state index contributed by atoms with van der Waals surface area (Å²) in [4.78, 5) is 35.9. The minimum Gasteiger partial charge on any atom is -0.365 e. The van der Waals surface area contributed by atoms with Gasteiger partial charge in [0.25, 0.3) is 0 Å². The summed E-state index contributed by atoms with van der Waals surface area (Å²) >= 11 is 0. The zero-order valence-electron chi connectivity index (χ0n) is 84.6. The van der Waals surface area contributed by atoms with Crippen molar-refractivity contribution >= 4 is 63.1 Å². The van der Waals surface area contributed by atoms with Gasteiger partial charge in [-0.3, -0.25) is 26.8 Å². The zero-order chi connectivity index (χ0) is 99.2. The molecule has 139 heavy (non-hydrogen) atoms. The van der Waals surface area contributed by atoms with E-state index in [1.807, 2.05) is 122 Å². The molecular formula is C113H124N20O6. The van der Waals surface area contributed by atoms with Crippen molar-refractivity contribution in [2.45, 2.75) is 209 Å². The van der Waals surface area contributed by atoms with Gasteiger partial charge in [0.1, 0.15) is 120 Å². The number of benzene rings is 5. The number of aromatic nitrogens is 15. The Morgan fingerprint density at radius 1 is 0.273 bits per heavy atom. The highest BCUT2D eigenvalue weighted by Gasteiger charge is 2.28. The molecule has 0 aliphatic rings. The molecule has 20 rings (SSSR count). The normalized spacial score (nSPS) is 11.8. The van der Waals surface area contributed by atoms with E-state index in [0.717, 1.165) is 232 Å². The topological polar surface area (TPSA) is 294 Å². The van der Waals surface area contributed by atoms with Crippen molar-refractivity contribution in [1.82, 2.24) is 72.7 Å². The number of hydrogen-bond acceptors (Lipinski definition) is 21. The molecule has 15 heterocycles. The van der Waals surface area contributed by atoms with E-state index in [0.29, 0.717) is 0 Å². The first-order valence-electron chi connectivity index (χ1n) is 46.9. The van der Waals surface area contributed by atoms with Crippen molar-refractivity contribution < 1.29 is 27.4 Å². The van der Waals surface area contributed by atoms with Gasteiger partial charge in [-0.2, -0.15) is 0 Å². The average Bonchev–Trinajstić information content (AvgIpc) is 1.60. The number of imidazole rings is 5. The van der Waals surface area contributed by atoms with E-state index in [9.17, 15) is 4.79 Å². The summed E-state index contributed by atoms with van der Waals surface area (Å²) < 4.78 is 37.0. The average molecular weight is 1860 g/mol. The fourth-order valence-corrected chi connectivity index (χ4v) is 17.4. The fourth-order valence-electron chi connectivity index (χ4n) is 17.4. The SMILES string of the molecule is CC(=O)CNc1c(-c2ccc(-c3c(C)noc3C)cc2)nc2ccccn12.Cc1ccc2nc(-c3ccc(-c4c(C)noc4C)cc3)c(NC(C)(C)C)n2c1.Cc1ccc2nc(-c3ccc(-c4c(C)noc4C)cc3)c(NC(C)(C)C)n2c1.Cc1ccc2nc(-c3ccc(-c4c(C)noc4C)cc3)c(NC(C)(C)C)n2c1.Cc1noc(C)c1-c1ccc(-c2nc3c(C)cccn3c2NC(C)(C)C)cc1. The van der Waals surface area contributed by atoms with Crippen LogP contribution in [0.3, 0.4) is 0 Å². The molecule has 26 nitrogen and oxygen atoms in total. The minimum atomic E-state index is -0.0783. The van der Waals surface area contributed by atoms with Crippen LogP contribution in [-0.2, 0) is 4.79 Å². The van der Waals surface area contributed by atoms with E-state index in [1.54, 1.807) is 6.92 Å². The number of fused-ring (bicyclic) bond motifs is 5. The van der Waals surface area contributed by atoms with E-state index in [4.69, 9.17) is 47.5 Å². The third-order valence-corrected chi connectivity index (χ3v) is 23.6. The van der Waals surface area contributed by atoms with E-state index in [-0.39, 0.29) is 34.5 Å². The lowest BCUT2D eigenvalue weighted by atomic mass is 10.0. The van der Waals surface area contributed by atoms with Gasteiger partial charge in [-0.25, -0.2) is 24.9 Å². The number of hydrogen-bond donors (Lipinski definition) is 5. The van der Waals surface area contributed by atoms with Gasteiger partial charge in [-0.15, -0.1) is 0 Å². The first-order valence-corrected chi connectivity index (χ1v) is 46.9. The third kappa shape index (κ3) is 21.3. The van der Waals surface area contributed by atoms with Gasteiger partial charge in [0.2, 0.25) is 0 Å². The Bertz CT molecular complexity index is 7280. The molecular weight excluding hydrogens is 1730 g/mol. The number of nitrogens with one attached hydrogen (secondary N) is 5. The summed E-state index contributed by atoms with van der Waals surface area (Å²) in [7, 11) is 0. The Kier molecular flexibility index (Phi) is 26.9. The van der Waals surface area contributed by atoms with Crippen LogP contribution in [-0.4, -0.2) is 107 Å². The summed E-state index contributed by atoms with van der Waals surface area (Å²) in [6.07, 6.45) is 10.4. The van der Waals surface area contributed by atoms with Gasteiger partial charge in [0.05, 0.1) is 35.0 Å². The molecule has 0 amide bonds. The molecule has 26 heteroatoms. The summed E-state index contributed by atoms with van der Waals surface area (Å²) in [5, 5.41) is 38.0. The Morgan fingerprint density at radius 2 is 0.518 bits per heavy atom. The summed E-state index contributed by atoms with van der Waals surface area (Å²) in [6, 6.07) is 64.4. The van der Waals surface area contributed by atoms with E-state index >= 15 is 0 Å². The second kappa shape index (κ2) is 38.8. The molecule has 20 aromatic rings. The van der Waals surface area contributed by atoms with Gasteiger partial charge in [0, 0.05) is 109 Å². The molecule has 0 radical (unpaired) electrons. The van der Waals surface area contributed by atoms with Crippen molar-refractivity contribution in [3.05, 3.63) is 299 Å². The fraction of sp³-hybridized carbons (Fsp3) is 0.283. The lowest BCUT2D eigenvalue weighted by Crippen LogP contribution is -2.27. The van der Waals surface area contributed by atoms with Gasteiger partial charge >= 0.3 is 0 Å². The minimum absolute atomic E-state index is 0.0700. The van der Waals surface area contributed by atoms with E-state index < -0.39 is 0 Å². The molecule has 0 saturated heterocycles. The Morgan fingerprint density at radius 3 is 0.777 bits per heavy atom. The lowest BCUT2D eigenvalue weighted by molar-refractivity contribution is -0.115. The van der Waals surface area contributed by atoms with Gasteiger partial charge in [-0.05, 0) is 273 Å². The molecule has 0 saturated carbocycles. The van der Waals surface area contributed by atoms with Crippen LogP contribution in [0.25, 0.3) is 140 Å². The molecule has 0 fully saturated rings. The molecule has 5 N–H and O–H groups in total. The first-order chi connectivity index (χ1) is 66.0. The van der Waals surface area contributed by atoms with Crippen LogP contribution in [0.15, 0.2) is 242 Å². The number of aryl methyl sites for hydroxylation is 14. The Balaban J connectivity index is 0.000000125. The van der Waals surface area contributed by atoms with Crippen molar-refractivity contribution in [2.75, 3.05) is 33.1 Å². The molecule has 5 aromatic carbocycles. The summed E-state index contributed by atoms with van der Waals surface area (Å²) in [5.74, 6) is 9.07. The standard InChI is InChI=1S/4C23H26N4O.C21H20N4O2/c3*1-14-7-12-19-24-21(22(27(19)13-14)25-23(4,5)6)18-10-8-17(9-11-18)20-15(2)26-28-16(20)3;1-14-8-7-13-27-21(14)24-20(22(27)25-23(4,5)6)18-11-9-17(10-12-18)19-15(2)26-28-16(19)3;1-13(26)12-22-21-20(23-18-6-4-5-11-25(18)21)17-9-7-16(8-10-17)19-14(2)24-27-15(19)3/h4*7-13,25H,1-6H3;4-11,22H,12H2,1-3H3. The van der Waals surface area contributed by atoms with Crippen molar-refractivity contribution in [3.8, 4) is 112 Å². The number of nitrogens with zero attached hydrogens (tertiary/aromatic N) is 15. The maximum atomic E-state index is 11.5. The van der Waals surface area contributed by atoms with Crippen LogP contribution in [0.2, 0.25) is 0 Å². The van der Waals surface area contributed by atoms with Crippen LogP contribution < -0.4 is 26.6 Å². The van der Waals surface area contributed by atoms with E-state index in [2.05, 4.69) is 351 Å². The zero-order valence-corrected chi connectivity index (χ0v) is 84.6. The van der Waals surface area contributed by atoms with Crippen LogP contribution in [0.4, 0.5) is 29.1 Å². The Labute approximate surface area is 811 Å². The smallest absolute Gasteiger partial charge is 0.148 e. The number of Topliss-reactive ketones (excluding diaryl/α,β-unsaturated/α-hetero) is 1. The van der Waals surface area contributed by atoms with Crippen molar-refractivity contribution in [2.24, 2.45) is 0 Å². The largest absolute Gasteiger partial charge is 0.365 e. The molecule has 0 aliphatic carbocycles. The molecule has 0 bridgehead atoms. The number of carbonyl (C=O) groups excluding carboxylic acids is 1. The third-order valence-electron chi connectivity index (χ3n) is 23.6. The number of pyridine rings is 5. The van der Waals surface area contributed by atoms with Gasteiger partial charge in [0.15, 0.2) is 0 Å². The van der Waals surface area contributed by atoms with Gasteiger partial charge < -0.3 is 49.2 Å². The molecule has 712 valence electrons.